The zero-order valence-corrected chi connectivity index (χ0v) is 9.97. The largest absolute Gasteiger partial charge is 0.469 e. The highest BCUT2D eigenvalue weighted by molar-refractivity contribution is 5.76. The molecule has 1 aromatic heterocycles. The summed E-state index contributed by atoms with van der Waals surface area (Å²) in [7, 11) is 1.40. The first-order valence-corrected chi connectivity index (χ1v) is 5.89. The number of carbonyl (C=O) groups excluding carboxylic acids is 1. The topological polar surface area (TPSA) is 44.1 Å². The molecule has 1 aromatic carbocycles. The normalized spacial score (nSPS) is 22.8. The Morgan fingerprint density at radius 3 is 3.00 bits per heavy atom. The Hall–Kier alpha value is -1.91. The second-order valence-electron chi connectivity index (χ2n) is 4.63. The van der Waals surface area contributed by atoms with Crippen molar-refractivity contribution in [1.29, 1.82) is 0 Å². The van der Waals surface area contributed by atoms with Crippen LogP contribution in [-0.2, 0) is 9.53 Å². The Labute approximate surface area is 103 Å². The lowest BCUT2D eigenvalue weighted by Gasteiger charge is -2.34. The summed E-state index contributed by atoms with van der Waals surface area (Å²) in [4.78, 5) is 15.6. The molecule has 0 bridgehead atoms. The van der Waals surface area contributed by atoms with E-state index < -0.39 is 0 Å². The molecule has 0 amide bonds. The van der Waals surface area contributed by atoms with E-state index in [1.54, 1.807) is 12.4 Å². The van der Waals surface area contributed by atoms with Crippen molar-refractivity contribution in [2.75, 3.05) is 7.11 Å². The number of benzene rings is 1. The lowest BCUT2D eigenvalue weighted by atomic mass is 9.80. The maximum absolute atomic E-state index is 13.2. The Morgan fingerprint density at radius 2 is 2.28 bits per heavy atom. The van der Waals surface area contributed by atoms with Gasteiger partial charge in [-0.25, -0.2) is 9.37 Å². The molecule has 0 aliphatic heterocycles. The van der Waals surface area contributed by atoms with Crippen LogP contribution in [0, 0.1) is 11.7 Å². The van der Waals surface area contributed by atoms with Crippen LogP contribution in [0.4, 0.5) is 4.39 Å². The number of ether oxygens (including phenoxy) is 1. The summed E-state index contributed by atoms with van der Waals surface area (Å²) >= 11 is 0. The molecule has 3 rings (SSSR count). The number of aromatic nitrogens is 2. The molecule has 0 unspecified atom stereocenters. The van der Waals surface area contributed by atoms with Gasteiger partial charge in [0, 0.05) is 6.04 Å². The van der Waals surface area contributed by atoms with E-state index in [9.17, 15) is 9.18 Å². The summed E-state index contributed by atoms with van der Waals surface area (Å²) in [6.07, 6.45) is 3.17. The summed E-state index contributed by atoms with van der Waals surface area (Å²) in [5.74, 6) is -0.471. The van der Waals surface area contributed by atoms with Gasteiger partial charge in [-0.2, -0.15) is 0 Å². The van der Waals surface area contributed by atoms with Crippen LogP contribution in [0.1, 0.15) is 18.9 Å². The van der Waals surface area contributed by atoms with E-state index >= 15 is 0 Å². The molecule has 1 aliphatic carbocycles. The summed E-state index contributed by atoms with van der Waals surface area (Å²) in [5, 5.41) is 0. The maximum atomic E-state index is 13.2. The lowest BCUT2D eigenvalue weighted by molar-refractivity contribution is -0.149. The molecular formula is C13H13FN2O2. The number of carbonyl (C=O) groups is 1. The van der Waals surface area contributed by atoms with E-state index in [0.29, 0.717) is 0 Å². The van der Waals surface area contributed by atoms with Crippen molar-refractivity contribution < 1.29 is 13.9 Å². The molecule has 4 nitrogen and oxygen atoms in total. The predicted octanol–water partition coefficient (Wildman–Crippen LogP) is 2.30. The predicted molar refractivity (Wildman–Crippen MR) is 63.5 cm³/mol. The fraction of sp³-hybridized carbons (Fsp3) is 0.385. The first-order valence-electron chi connectivity index (χ1n) is 5.89. The molecule has 0 saturated heterocycles. The van der Waals surface area contributed by atoms with Gasteiger partial charge in [0.15, 0.2) is 0 Å². The third kappa shape index (κ3) is 1.66. The molecule has 0 radical (unpaired) electrons. The van der Waals surface area contributed by atoms with Crippen LogP contribution in [0.2, 0.25) is 0 Å². The molecule has 5 heteroatoms. The van der Waals surface area contributed by atoms with E-state index in [4.69, 9.17) is 4.74 Å². The van der Waals surface area contributed by atoms with Crippen molar-refractivity contribution in [3.63, 3.8) is 0 Å². The fourth-order valence-electron chi connectivity index (χ4n) is 2.46. The summed E-state index contributed by atoms with van der Waals surface area (Å²) in [5.41, 5.74) is 1.56. The summed E-state index contributed by atoms with van der Waals surface area (Å²) in [6.45, 7) is 0. The third-order valence-corrected chi connectivity index (χ3v) is 3.58. The zero-order chi connectivity index (χ0) is 12.7. The number of fused-ring (bicyclic) bond motifs is 1. The summed E-state index contributed by atoms with van der Waals surface area (Å²) in [6, 6.07) is 4.75. The molecule has 1 heterocycles. The van der Waals surface area contributed by atoms with Gasteiger partial charge in [-0.05, 0) is 31.0 Å². The van der Waals surface area contributed by atoms with Crippen LogP contribution in [-0.4, -0.2) is 22.6 Å². The average molecular weight is 248 g/mol. The Morgan fingerprint density at radius 1 is 1.50 bits per heavy atom. The Kier molecular flexibility index (Phi) is 2.54. The van der Waals surface area contributed by atoms with Crippen LogP contribution in [0.5, 0.6) is 0 Å². The molecule has 18 heavy (non-hydrogen) atoms. The quantitative estimate of drug-likeness (QED) is 0.766. The molecule has 1 aliphatic rings. The highest BCUT2D eigenvalue weighted by atomic mass is 19.1. The van der Waals surface area contributed by atoms with Gasteiger partial charge in [0.25, 0.3) is 0 Å². The molecule has 0 spiro atoms. The van der Waals surface area contributed by atoms with E-state index in [2.05, 4.69) is 4.98 Å². The van der Waals surface area contributed by atoms with Crippen molar-refractivity contribution in [2.24, 2.45) is 5.92 Å². The molecule has 0 N–H and O–H groups in total. The monoisotopic (exact) mass is 248 g/mol. The highest BCUT2D eigenvalue weighted by Crippen LogP contribution is 2.39. The van der Waals surface area contributed by atoms with Crippen LogP contribution in [0.3, 0.4) is 0 Å². The minimum Gasteiger partial charge on any atom is -0.469 e. The smallest absolute Gasteiger partial charge is 0.308 e. The first kappa shape index (κ1) is 11.2. The van der Waals surface area contributed by atoms with E-state index in [0.717, 1.165) is 23.9 Å². The second-order valence-corrected chi connectivity index (χ2v) is 4.63. The van der Waals surface area contributed by atoms with Gasteiger partial charge in [-0.15, -0.1) is 0 Å². The maximum Gasteiger partial charge on any atom is 0.308 e. The van der Waals surface area contributed by atoms with Gasteiger partial charge >= 0.3 is 5.97 Å². The number of hydrogen-bond donors (Lipinski definition) is 0. The van der Waals surface area contributed by atoms with Gasteiger partial charge < -0.3 is 9.30 Å². The number of halogens is 1. The number of methoxy groups -OCH3 is 1. The standard InChI is InChI=1S/C13H13FN2O2/c1-18-13(17)8-4-10(5-8)16-7-15-11-3-2-9(14)6-12(11)16/h2-3,6-8,10H,4-5H2,1H3/t8-,10+. The second kappa shape index (κ2) is 4.08. The number of hydrogen-bond acceptors (Lipinski definition) is 3. The number of esters is 1. The fourth-order valence-corrected chi connectivity index (χ4v) is 2.46. The van der Waals surface area contributed by atoms with E-state index in [-0.39, 0.29) is 23.7 Å². The minimum atomic E-state index is -0.270. The molecule has 1 fully saturated rings. The Bertz CT molecular complexity index is 602. The van der Waals surface area contributed by atoms with E-state index in [1.807, 2.05) is 4.57 Å². The van der Waals surface area contributed by atoms with Crippen molar-refractivity contribution >= 4 is 17.0 Å². The van der Waals surface area contributed by atoms with Gasteiger partial charge in [0.2, 0.25) is 0 Å². The van der Waals surface area contributed by atoms with Crippen molar-refractivity contribution in [2.45, 2.75) is 18.9 Å². The molecule has 0 atom stereocenters. The molecular weight excluding hydrogens is 235 g/mol. The average Bonchev–Trinajstić information content (AvgIpc) is 2.70. The van der Waals surface area contributed by atoms with Crippen molar-refractivity contribution in [1.82, 2.24) is 9.55 Å². The summed E-state index contributed by atoms with van der Waals surface area (Å²) < 4.78 is 19.9. The van der Waals surface area contributed by atoms with Gasteiger partial charge in [-0.3, -0.25) is 4.79 Å². The molecule has 1 saturated carbocycles. The molecule has 2 aromatic rings. The minimum absolute atomic E-state index is 0.0361. The van der Waals surface area contributed by atoms with Gasteiger partial charge in [0.1, 0.15) is 5.82 Å². The van der Waals surface area contributed by atoms with Gasteiger partial charge in [-0.1, -0.05) is 0 Å². The third-order valence-electron chi connectivity index (χ3n) is 3.58. The van der Waals surface area contributed by atoms with Crippen LogP contribution >= 0.6 is 0 Å². The number of imidazole rings is 1. The highest BCUT2D eigenvalue weighted by Gasteiger charge is 2.36. The van der Waals surface area contributed by atoms with Crippen molar-refractivity contribution in [3.8, 4) is 0 Å². The SMILES string of the molecule is COC(=O)[C@H]1C[C@@H](n2cnc3ccc(F)cc32)C1. The number of rotatable bonds is 2. The van der Waals surface area contributed by atoms with Crippen LogP contribution < -0.4 is 0 Å². The van der Waals surface area contributed by atoms with Crippen molar-refractivity contribution in [3.05, 3.63) is 30.3 Å². The number of nitrogens with zero attached hydrogens (tertiary/aromatic N) is 2. The first-order chi connectivity index (χ1) is 8.69. The lowest BCUT2D eigenvalue weighted by Crippen LogP contribution is -2.32. The van der Waals surface area contributed by atoms with E-state index in [1.165, 1.54) is 19.2 Å². The van der Waals surface area contributed by atoms with Crippen LogP contribution in [0.15, 0.2) is 24.5 Å². The molecule has 94 valence electrons. The Balaban J connectivity index is 1.84. The van der Waals surface area contributed by atoms with Crippen LogP contribution in [0.25, 0.3) is 11.0 Å². The zero-order valence-electron chi connectivity index (χ0n) is 9.97. The van der Waals surface area contributed by atoms with Gasteiger partial charge in [0.05, 0.1) is 30.4 Å².